The van der Waals surface area contributed by atoms with Gasteiger partial charge < -0.3 is 4.74 Å². The van der Waals surface area contributed by atoms with E-state index >= 15 is 0 Å². The molecule has 0 radical (unpaired) electrons. The number of hydrogen-bond acceptors (Lipinski definition) is 1. The number of ether oxygens (including phenoxy) is 1. The molecule has 0 unspecified atom stereocenters. The van der Waals surface area contributed by atoms with Crippen LogP contribution in [0, 0.1) is 23.7 Å². The van der Waals surface area contributed by atoms with Crippen molar-refractivity contribution in [3.63, 3.8) is 0 Å². The van der Waals surface area contributed by atoms with Gasteiger partial charge in [-0.25, -0.2) is 0 Å². The van der Waals surface area contributed by atoms with E-state index < -0.39 is 0 Å². The lowest BCUT2D eigenvalue weighted by Crippen LogP contribution is -2.27. The first-order valence-electron chi connectivity index (χ1n) is 9.47. The Bertz CT molecular complexity index is 280. The minimum absolute atomic E-state index is 0.855. The third kappa shape index (κ3) is 5.77. The number of allylic oxidation sites excluding steroid dienone is 2. The van der Waals surface area contributed by atoms with Crippen LogP contribution < -0.4 is 0 Å². The first-order chi connectivity index (χ1) is 10.3. The second kappa shape index (κ2) is 9.66. The van der Waals surface area contributed by atoms with Crippen molar-refractivity contribution in [2.24, 2.45) is 23.7 Å². The van der Waals surface area contributed by atoms with Crippen LogP contribution in [0.3, 0.4) is 0 Å². The first-order valence-corrected chi connectivity index (χ1v) is 9.47. The Morgan fingerprint density at radius 1 is 0.810 bits per heavy atom. The van der Waals surface area contributed by atoms with Crippen LogP contribution in [-0.2, 0) is 4.74 Å². The van der Waals surface area contributed by atoms with E-state index in [-0.39, 0.29) is 0 Å². The third-order valence-corrected chi connectivity index (χ3v) is 6.00. The molecule has 2 fully saturated rings. The van der Waals surface area contributed by atoms with Gasteiger partial charge in [-0.05, 0) is 81.5 Å². The summed E-state index contributed by atoms with van der Waals surface area (Å²) in [6.45, 7) is 3.22. The topological polar surface area (TPSA) is 9.23 Å². The molecule has 0 aromatic heterocycles. The first kappa shape index (κ1) is 17.1. The van der Waals surface area contributed by atoms with Gasteiger partial charge >= 0.3 is 0 Å². The molecule has 0 saturated heterocycles. The summed E-state index contributed by atoms with van der Waals surface area (Å²) in [7, 11) is 1.85. The van der Waals surface area contributed by atoms with Gasteiger partial charge in [-0.3, -0.25) is 0 Å². The van der Waals surface area contributed by atoms with Gasteiger partial charge in [0.25, 0.3) is 0 Å². The molecule has 0 amide bonds. The molecule has 0 aromatic rings. The van der Waals surface area contributed by atoms with Crippen molar-refractivity contribution >= 4 is 0 Å². The van der Waals surface area contributed by atoms with Crippen LogP contribution in [0.4, 0.5) is 0 Å². The van der Waals surface area contributed by atoms with E-state index in [4.69, 9.17) is 4.74 Å². The standard InChI is InChI=1S/C20H36O/c1-3-4-5-6-7-17-8-12-19(13-9-17)20-14-10-18(11-15-20)16-21-2/h4-5,17-20H,3,6-16H2,1-2H3/b5-4+/t17-,18?,19-,20?. The zero-order valence-corrected chi connectivity index (χ0v) is 14.4. The van der Waals surface area contributed by atoms with E-state index in [9.17, 15) is 0 Å². The zero-order chi connectivity index (χ0) is 14.9. The van der Waals surface area contributed by atoms with Gasteiger partial charge in [-0.2, -0.15) is 0 Å². The van der Waals surface area contributed by atoms with Gasteiger partial charge in [0.2, 0.25) is 0 Å². The Morgan fingerprint density at radius 2 is 1.38 bits per heavy atom. The van der Waals surface area contributed by atoms with Crippen molar-refractivity contribution in [3.8, 4) is 0 Å². The maximum atomic E-state index is 5.33. The Kier molecular flexibility index (Phi) is 7.85. The molecule has 21 heavy (non-hydrogen) atoms. The van der Waals surface area contributed by atoms with Gasteiger partial charge in [0.1, 0.15) is 0 Å². The Balaban J connectivity index is 1.62. The molecule has 0 heterocycles. The average molecular weight is 293 g/mol. The van der Waals surface area contributed by atoms with Gasteiger partial charge in [-0.1, -0.05) is 31.9 Å². The van der Waals surface area contributed by atoms with Crippen LogP contribution in [0.1, 0.15) is 77.6 Å². The molecule has 122 valence electrons. The lowest BCUT2D eigenvalue weighted by molar-refractivity contribution is 0.0928. The van der Waals surface area contributed by atoms with E-state index in [0.717, 1.165) is 30.3 Å². The summed E-state index contributed by atoms with van der Waals surface area (Å²) in [5, 5.41) is 0. The molecular formula is C20H36O. The molecule has 2 rings (SSSR count). The van der Waals surface area contributed by atoms with E-state index in [2.05, 4.69) is 19.1 Å². The Labute approximate surface area is 132 Å². The second-order valence-corrected chi connectivity index (χ2v) is 7.47. The van der Waals surface area contributed by atoms with Gasteiger partial charge in [0.15, 0.2) is 0 Å². The quantitative estimate of drug-likeness (QED) is 0.523. The summed E-state index contributed by atoms with van der Waals surface area (Å²) in [5.41, 5.74) is 0. The molecule has 0 spiro atoms. The minimum atomic E-state index is 0.855. The van der Waals surface area contributed by atoms with Gasteiger partial charge in [0.05, 0.1) is 0 Å². The van der Waals surface area contributed by atoms with Crippen molar-refractivity contribution in [3.05, 3.63) is 12.2 Å². The summed E-state index contributed by atoms with van der Waals surface area (Å²) in [6, 6.07) is 0. The molecule has 0 atom stereocenters. The van der Waals surface area contributed by atoms with Crippen molar-refractivity contribution < 1.29 is 4.74 Å². The number of rotatable bonds is 7. The highest BCUT2D eigenvalue weighted by molar-refractivity contribution is 4.84. The molecular weight excluding hydrogens is 256 g/mol. The molecule has 0 bridgehead atoms. The van der Waals surface area contributed by atoms with Gasteiger partial charge in [-0.15, -0.1) is 0 Å². The molecule has 0 aliphatic heterocycles. The minimum Gasteiger partial charge on any atom is -0.384 e. The summed E-state index contributed by atoms with van der Waals surface area (Å²) in [6.07, 6.45) is 20.5. The molecule has 2 aliphatic rings. The molecule has 2 aliphatic carbocycles. The molecule has 2 saturated carbocycles. The molecule has 0 aromatic carbocycles. The van der Waals surface area contributed by atoms with Crippen molar-refractivity contribution in [1.82, 2.24) is 0 Å². The number of methoxy groups -OCH3 is 1. The predicted octanol–water partition coefficient (Wildman–Crippen LogP) is 5.99. The van der Waals surface area contributed by atoms with Crippen LogP contribution in [-0.4, -0.2) is 13.7 Å². The van der Waals surface area contributed by atoms with Crippen LogP contribution in [0.2, 0.25) is 0 Å². The summed E-state index contributed by atoms with van der Waals surface area (Å²) in [4.78, 5) is 0. The highest BCUT2D eigenvalue weighted by Gasteiger charge is 2.30. The highest BCUT2D eigenvalue weighted by Crippen LogP contribution is 2.42. The fraction of sp³-hybridized carbons (Fsp3) is 0.900. The summed E-state index contributed by atoms with van der Waals surface area (Å²) >= 11 is 0. The van der Waals surface area contributed by atoms with Crippen molar-refractivity contribution in [1.29, 1.82) is 0 Å². The largest absolute Gasteiger partial charge is 0.384 e. The fourth-order valence-corrected chi connectivity index (χ4v) is 4.63. The molecule has 1 nitrogen and oxygen atoms in total. The van der Waals surface area contributed by atoms with Crippen LogP contribution in [0.5, 0.6) is 0 Å². The molecule has 1 heteroatoms. The van der Waals surface area contributed by atoms with E-state index in [1.807, 2.05) is 7.11 Å². The van der Waals surface area contributed by atoms with Crippen LogP contribution >= 0.6 is 0 Å². The SMILES string of the molecule is CC/C=C/CC[C@H]1CC[C@H](C2CCC(COC)CC2)CC1. The smallest absolute Gasteiger partial charge is 0.0490 e. The monoisotopic (exact) mass is 292 g/mol. The van der Waals surface area contributed by atoms with Crippen molar-refractivity contribution in [2.45, 2.75) is 77.6 Å². The molecule has 0 N–H and O–H groups in total. The zero-order valence-electron chi connectivity index (χ0n) is 14.4. The second-order valence-electron chi connectivity index (χ2n) is 7.47. The third-order valence-electron chi connectivity index (χ3n) is 6.00. The fourth-order valence-electron chi connectivity index (χ4n) is 4.63. The van der Waals surface area contributed by atoms with Gasteiger partial charge in [0, 0.05) is 13.7 Å². The van der Waals surface area contributed by atoms with Crippen molar-refractivity contribution in [2.75, 3.05) is 13.7 Å². The van der Waals surface area contributed by atoms with Crippen LogP contribution in [0.25, 0.3) is 0 Å². The lowest BCUT2D eigenvalue weighted by Gasteiger charge is -2.37. The van der Waals surface area contributed by atoms with Crippen LogP contribution in [0.15, 0.2) is 12.2 Å². The van der Waals surface area contributed by atoms with E-state index in [1.165, 1.54) is 70.6 Å². The predicted molar refractivity (Wildman–Crippen MR) is 91.4 cm³/mol. The lowest BCUT2D eigenvalue weighted by atomic mass is 9.69. The maximum Gasteiger partial charge on any atom is 0.0490 e. The number of hydrogen-bond donors (Lipinski definition) is 0. The maximum absolute atomic E-state index is 5.33. The van der Waals surface area contributed by atoms with E-state index in [0.29, 0.717) is 0 Å². The average Bonchev–Trinajstić information content (AvgIpc) is 2.53. The summed E-state index contributed by atoms with van der Waals surface area (Å²) < 4.78 is 5.33. The normalized spacial score (nSPS) is 34.4. The Hall–Kier alpha value is -0.300. The highest BCUT2D eigenvalue weighted by atomic mass is 16.5. The van der Waals surface area contributed by atoms with E-state index in [1.54, 1.807) is 0 Å². The Morgan fingerprint density at radius 3 is 1.90 bits per heavy atom. The summed E-state index contributed by atoms with van der Waals surface area (Å²) in [5.74, 6) is 3.97.